The van der Waals surface area contributed by atoms with Gasteiger partial charge >= 0.3 is 0 Å². The maximum Gasteiger partial charge on any atom is 0.204 e. The fraction of sp³-hybridized carbons (Fsp3) is 0.250. The minimum absolute atomic E-state index is 0.0398. The first kappa shape index (κ1) is 18.6. The molecule has 1 heterocycles. The zero-order chi connectivity index (χ0) is 19.6. The lowest BCUT2D eigenvalue weighted by Crippen LogP contribution is -2.20. The Morgan fingerprint density at radius 1 is 0.963 bits per heavy atom. The van der Waals surface area contributed by atoms with Crippen molar-refractivity contribution < 1.29 is 32.9 Å². The number of carbonyl (C=O) groups excluding carboxylic acids is 1. The molecule has 2 aromatic rings. The molecule has 7 heteroatoms. The zero-order valence-corrected chi connectivity index (χ0v) is 15.4. The molecule has 0 amide bonds. The first-order valence-corrected chi connectivity index (χ1v) is 8.08. The minimum atomic E-state index is -0.514. The van der Waals surface area contributed by atoms with E-state index in [0.717, 1.165) is 0 Å². The van der Waals surface area contributed by atoms with Crippen molar-refractivity contribution in [2.45, 2.75) is 0 Å². The Balaban J connectivity index is 2.07. The van der Waals surface area contributed by atoms with Crippen LogP contribution in [0.25, 0.3) is 6.08 Å². The molecule has 3 rings (SSSR count). The van der Waals surface area contributed by atoms with Gasteiger partial charge in [-0.1, -0.05) is 6.07 Å². The third-order valence-electron chi connectivity index (χ3n) is 4.21. The van der Waals surface area contributed by atoms with Gasteiger partial charge in [0.2, 0.25) is 5.75 Å². The van der Waals surface area contributed by atoms with Gasteiger partial charge in [-0.25, -0.2) is 4.39 Å². The summed E-state index contributed by atoms with van der Waals surface area (Å²) in [6.45, 7) is 0.0398. The van der Waals surface area contributed by atoms with Gasteiger partial charge in [-0.2, -0.15) is 0 Å². The van der Waals surface area contributed by atoms with Gasteiger partial charge in [0, 0.05) is 11.6 Å². The van der Waals surface area contributed by atoms with Crippen molar-refractivity contribution in [2.24, 2.45) is 0 Å². The van der Waals surface area contributed by atoms with Crippen molar-refractivity contribution in [3.8, 4) is 28.7 Å². The summed E-state index contributed by atoms with van der Waals surface area (Å²) >= 11 is 0. The van der Waals surface area contributed by atoms with Crippen LogP contribution in [-0.2, 0) is 0 Å². The van der Waals surface area contributed by atoms with Gasteiger partial charge in [0.15, 0.2) is 28.8 Å². The van der Waals surface area contributed by atoms with Crippen molar-refractivity contribution in [1.29, 1.82) is 0 Å². The Morgan fingerprint density at radius 2 is 1.67 bits per heavy atom. The molecule has 0 unspecified atom stereocenters. The maximum atomic E-state index is 13.9. The Hall–Kier alpha value is -3.22. The highest BCUT2D eigenvalue weighted by Crippen LogP contribution is 2.47. The van der Waals surface area contributed by atoms with E-state index in [4.69, 9.17) is 23.7 Å². The molecule has 6 nitrogen and oxygen atoms in total. The molecule has 2 aromatic carbocycles. The molecular formula is C20H19FO6. The zero-order valence-electron chi connectivity index (χ0n) is 15.4. The molecule has 0 saturated carbocycles. The Bertz CT molecular complexity index is 919. The van der Waals surface area contributed by atoms with Crippen LogP contribution in [0.3, 0.4) is 0 Å². The summed E-state index contributed by atoms with van der Waals surface area (Å²) in [7, 11) is 5.76. The van der Waals surface area contributed by atoms with Crippen LogP contribution in [0.4, 0.5) is 4.39 Å². The van der Waals surface area contributed by atoms with Crippen LogP contribution in [0, 0.1) is 5.82 Å². The minimum Gasteiger partial charge on any atom is -0.494 e. The van der Waals surface area contributed by atoms with Gasteiger partial charge in [0.25, 0.3) is 0 Å². The van der Waals surface area contributed by atoms with Crippen molar-refractivity contribution in [2.75, 3.05) is 35.0 Å². The van der Waals surface area contributed by atoms with Crippen molar-refractivity contribution in [3.63, 3.8) is 0 Å². The van der Waals surface area contributed by atoms with Crippen molar-refractivity contribution in [3.05, 3.63) is 46.8 Å². The molecule has 0 N–H and O–H groups in total. The van der Waals surface area contributed by atoms with Crippen LogP contribution in [0.15, 0.2) is 29.8 Å². The standard InChI is InChI=1S/C20H19FO6/c1-23-14-6-5-11(8-13(14)21)7-12-10-27-15-9-16(24-2)19(25-3)20(26-4)17(15)18(12)22/h5-9H,10H2,1-4H3/b12-7+. The number of hydrogen-bond acceptors (Lipinski definition) is 6. The third kappa shape index (κ3) is 3.28. The molecule has 0 fully saturated rings. The van der Waals surface area contributed by atoms with Gasteiger partial charge in [0.05, 0.1) is 28.4 Å². The number of fused-ring (bicyclic) bond motifs is 1. The van der Waals surface area contributed by atoms with E-state index in [1.54, 1.807) is 18.2 Å². The summed E-state index contributed by atoms with van der Waals surface area (Å²) < 4.78 is 40.5. The number of ether oxygens (including phenoxy) is 5. The highest BCUT2D eigenvalue weighted by Gasteiger charge is 2.32. The number of benzene rings is 2. The number of ketones is 1. The van der Waals surface area contributed by atoms with E-state index < -0.39 is 5.82 Å². The molecule has 0 bridgehead atoms. The summed E-state index contributed by atoms with van der Waals surface area (Å²) in [6, 6.07) is 6.03. The van der Waals surface area contributed by atoms with Crippen molar-refractivity contribution in [1.82, 2.24) is 0 Å². The smallest absolute Gasteiger partial charge is 0.204 e. The topological polar surface area (TPSA) is 63.2 Å². The summed E-state index contributed by atoms with van der Waals surface area (Å²) in [4.78, 5) is 13.0. The van der Waals surface area contributed by atoms with Gasteiger partial charge < -0.3 is 23.7 Å². The number of halogens is 1. The average molecular weight is 374 g/mol. The molecule has 0 aliphatic carbocycles. The highest BCUT2D eigenvalue weighted by atomic mass is 19.1. The first-order valence-electron chi connectivity index (χ1n) is 8.08. The average Bonchev–Trinajstić information content (AvgIpc) is 2.68. The van der Waals surface area contributed by atoms with Crippen LogP contribution in [0.5, 0.6) is 28.7 Å². The van der Waals surface area contributed by atoms with Crippen LogP contribution in [0.1, 0.15) is 15.9 Å². The number of carbonyl (C=O) groups is 1. The molecule has 0 aromatic heterocycles. The summed E-state index contributed by atoms with van der Waals surface area (Å²) in [5, 5.41) is 0. The number of methoxy groups -OCH3 is 4. The number of hydrogen-bond donors (Lipinski definition) is 0. The molecule has 1 aliphatic heterocycles. The second kappa shape index (κ2) is 7.57. The van der Waals surface area contributed by atoms with E-state index in [1.165, 1.54) is 40.6 Å². The monoisotopic (exact) mass is 374 g/mol. The van der Waals surface area contributed by atoms with Gasteiger partial charge in [-0.15, -0.1) is 0 Å². The summed E-state index contributed by atoms with van der Waals surface area (Å²) in [5.41, 5.74) is 1.11. The van der Waals surface area contributed by atoms with Gasteiger partial charge in [-0.3, -0.25) is 4.79 Å². The lowest BCUT2D eigenvalue weighted by Gasteiger charge is -2.23. The molecule has 0 saturated heterocycles. The molecular weight excluding hydrogens is 355 g/mol. The second-order valence-corrected chi connectivity index (χ2v) is 5.70. The van der Waals surface area contributed by atoms with Crippen molar-refractivity contribution >= 4 is 11.9 Å². The van der Waals surface area contributed by atoms with E-state index in [0.29, 0.717) is 28.4 Å². The number of Topliss-reactive ketones (excluding diaryl/α,β-unsaturated/α-hetero) is 1. The molecule has 0 radical (unpaired) electrons. The van der Waals surface area contributed by atoms with E-state index in [9.17, 15) is 9.18 Å². The van der Waals surface area contributed by atoms with Crippen LogP contribution < -0.4 is 23.7 Å². The highest BCUT2D eigenvalue weighted by molar-refractivity contribution is 6.16. The predicted molar refractivity (Wildman–Crippen MR) is 96.9 cm³/mol. The quantitative estimate of drug-likeness (QED) is 0.747. The molecule has 27 heavy (non-hydrogen) atoms. The van der Waals surface area contributed by atoms with Crippen LogP contribution >= 0.6 is 0 Å². The van der Waals surface area contributed by atoms with E-state index in [1.807, 2.05) is 0 Å². The van der Waals surface area contributed by atoms with E-state index in [-0.39, 0.29) is 29.5 Å². The fourth-order valence-electron chi connectivity index (χ4n) is 2.93. The van der Waals surface area contributed by atoms with Crippen LogP contribution in [0.2, 0.25) is 0 Å². The predicted octanol–water partition coefficient (Wildman–Crippen LogP) is 3.52. The summed E-state index contributed by atoms with van der Waals surface area (Å²) in [5.74, 6) is 0.590. The van der Waals surface area contributed by atoms with E-state index >= 15 is 0 Å². The summed E-state index contributed by atoms with van der Waals surface area (Å²) in [6.07, 6.45) is 1.57. The van der Waals surface area contributed by atoms with Gasteiger partial charge in [-0.05, 0) is 23.8 Å². The number of rotatable bonds is 5. The molecule has 1 aliphatic rings. The lowest BCUT2D eigenvalue weighted by molar-refractivity contribution is 0.0996. The maximum absolute atomic E-state index is 13.9. The normalized spacial score (nSPS) is 14.4. The lowest BCUT2D eigenvalue weighted by atomic mass is 9.96. The Kier molecular flexibility index (Phi) is 5.21. The SMILES string of the molecule is COc1ccc(/C=C2\COc3cc(OC)c(OC)c(OC)c3C2=O)cc1F. The second-order valence-electron chi connectivity index (χ2n) is 5.70. The largest absolute Gasteiger partial charge is 0.494 e. The molecule has 0 spiro atoms. The first-order chi connectivity index (χ1) is 13.0. The fourth-order valence-corrected chi connectivity index (χ4v) is 2.93. The molecule has 142 valence electrons. The molecule has 0 atom stereocenters. The Labute approximate surface area is 156 Å². The third-order valence-corrected chi connectivity index (χ3v) is 4.21. The van der Waals surface area contributed by atoms with E-state index in [2.05, 4.69) is 0 Å². The van der Waals surface area contributed by atoms with Gasteiger partial charge in [0.1, 0.15) is 17.9 Å². The van der Waals surface area contributed by atoms with Crippen LogP contribution in [-0.4, -0.2) is 40.8 Å². The Morgan fingerprint density at radius 3 is 2.26 bits per heavy atom.